The lowest BCUT2D eigenvalue weighted by Gasteiger charge is -2.37. The van der Waals surface area contributed by atoms with Gasteiger partial charge in [-0.2, -0.15) is 0 Å². The van der Waals surface area contributed by atoms with E-state index in [9.17, 15) is 4.79 Å². The van der Waals surface area contributed by atoms with Crippen LogP contribution in [-0.4, -0.2) is 52.9 Å². The van der Waals surface area contributed by atoms with Crippen LogP contribution in [0.15, 0.2) is 76.9 Å². The summed E-state index contributed by atoms with van der Waals surface area (Å²) < 4.78 is 17.5. The minimum atomic E-state index is -0.506. The molecule has 0 unspecified atom stereocenters. The maximum atomic E-state index is 13.4. The largest absolute Gasteiger partial charge is 0.437 e. The van der Waals surface area contributed by atoms with Gasteiger partial charge in [0.1, 0.15) is 5.75 Å². The summed E-state index contributed by atoms with van der Waals surface area (Å²) in [4.78, 5) is 24.8. The van der Waals surface area contributed by atoms with Gasteiger partial charge in [0.25, 0.3) is 11.8 Å². The second-order valence-electron chi connectivity index (χ2n) is 7.58. The number of carbonyl (C=O) groups excluding carboxylic acids is 1. The second kappa shape index (κ2) is 9.28. The van der Waals surface area contributed by atoms with Crippen molar-refractivity contribution in [3.05, 3.63) is 72.6 Å². The first-order valence-corrected chi connectivity index (χ1v) is 11.4. The zero-order valence-electron chi connectivity index (χ0n) is 17.5. The molecule has 0 aliphatic carbocycles. The Hall–Kier alpha value is -2.94. The van der Waals surface area contributed by atoms with Gasteiger partial charge in [-0.15, -0.1) is 0 Å². The molecule has 2 aromatic carbocycles. The van der Waals surface area contributed by atoms with Crippen molar-refractivity contribution < 1.29 is 19.0 Å². The van der Waals surface area contributed by atoms with E-state index in [4.69, 9.17) is 14.2 Å². The van der Waals surface area contributed by atoms with Crippen LogP contribution in [0.4, 0.5) is 0 Å². The number of ether oxygens (including phenoxy) is 3. The van der Waals surface area contributed by atoms with Gasteiger partial charge in [0.05, 0.1) is 18.8 Å². The van der Waals surface area contributed by atoms with Gasteiger partial charge in [-0.3, -0.25) is 4.79 Å². The molecule has 32 heavy (non-hydrogen) atoms. The molecule has 1 spiro atoms. The fourth-order valence-corrected chi connectivity index (χ4v) is 4.81. The van der Waals surface area contributed by atoms with Gasteiger partial charge in [0, 0.05) is 43.2 Å². The molecular weight excluding hydrogens is 426 g/mol. The maximum absolute atomic E-state index is 13.4. The van der Waals surface area contributed by atoms with Crippen LogP contribution in [0, 0.1) is 0 Å². The molecule has 0 radical (unpaired) electrons. The standard InChI is InChI=1S/C24H23N3O4S/c28-23(27-14-10-24(11-15-27)29-16-17-30-24)19-8-4-5-9-20(19)32-22-21(25-12-13-26-22)31-18-6-2-1-3-7-18/h1-9,12-13H,10-11,14-17H2. The van der Waals surface area contributed by atoms with Gasteiger partial charge >= 0.3 is 0 Å². The van der Waals surface area contributed by atoms with Crippen LogP contribution in [0.3, 0.4) is 0 Å². The molecule has 2 saturated heterocycles. The molecule has 0 atom stereocenters. The number of nitrogens with zero attached hydrogens (tertiary/aromatic N) is 3. The average Bonchev–Trinajstić information content (AvgIpc) is 3.29. The fraction of sp³-hybridized carbons (Fsp3) is 0.292. The van der Waals surface area contributed by atoms with Crippen LogP contribution in [-0.2, 0) is 9.47 Å². The molecule has 3 heterocycles. The van der Waals surface area contributed by atoms with Crippen molar-refractivity contribution in [2.45, 2.75) is 28.6 Å². The van der Waals surface area contributed by atoms with E-state index in [0.717, 1.165) is 4.90 Å². The number of rotatable bonds is 5. The molecule has 2 aliphatic rings. The number of aromatic nitrogens is 2. The average molecular weight is 450 g/mol. The second-order valence-corrected chi connectivity index (χ2v) is 8.61. The first-order valence-electron chi connectivity index (χ1n) is 10.6. The third-order valence-corrected chi connectivity index (χ3v) is 6.59. The highest BCUT2D eigenvalue weighted by atomic mass is 32.2. The summed E-state index contributed by atoms with van der Waals surface area (Å²) in [7, 11) is 0. The first-order chi connectivity index (χ1) is 15.7. The van der Waals surface area contributed by atoms with Crippen LogP contribution in [0.5, 0.6) is 11.6 Å². The molecule has 8 heteroatoms. The quantitative estimate of drug-likeness (QED) is 0.572. The van der Waals surface area contributed by atoms with Gasteiger partial charge in [-0.1, -0.05) is 42.1 Å². The Kier molecular flexibility index (Phi) is 6.07. The van der Waals surface area contributed by atoms with Crippen molar-refractivity contribution >= 4 is 17.7 Å². The molecular formula is C24H23N3O4S. The molecule has 0 saturated carbocycles. The highest BCUT2D eigenvalue weighted by Crippen LogP contribution is 2.37. The van der Waals surface area contributed by atoms with Crippen molar-refractivity contribution in [3.8, 4) is 11.6 Å². The van der Waals surface area contributed by atoms with Crippen molar-refractivity contribution in [1.29, 1.82) is 0 Å². The smallest absolute Gasteiger partial charge is 0.255 e. The van der Waals surface area contributed by atoms with Gasteiger partial charge in [0.2, 0.25) is 0 Å². The molecule has 5 rings (SSSR count). The Morgan fingerprint density at radius 3 is 2.41 bits per heavy atom. The highest BCUT2D eigenvalue weighted by Gasteiger charge is 2.41. The number of hydrogen-bond acceptors (Lipinski definition) is 7. The number of para-hydroxylation sites is 1. The van der Waals surface area contributed by atoms with Crippen molar-refractivity contribution in [2.24, 2.45) is 0 Å². The van der Waals surface area contributed by atoms with Crippen molar-refractivity contribution in [3.63, 3.8) is 0 Å². The number of hydrogen-bond donors (Lipinski definition) is 0. The van der Waals surface area contributed by atoms with Gasteiger partial charge in [0.15, 0.2) is 10.8 Å². The van der Waals surface area contributed by atoms with Crippen LogP contribution in [0.1, 0.15) is 23.2 Å². The van der Waals surface area contributed by atoms with Crippen molar-refractivity contribution in [1.82, 2.24) is 14.9 Å². The summed E-state index contributed by atoms with van der Waals surface area (Å²) in [6, 6.07) is 17.0. The normalized spacial score (nSPS) is 17.4. The van der Waals surface area contributed by atoms with Crippen LogP contribution in [0.2, 0.25) is 0 Å². The number of piperidine rings is 1. The van der Waals surface area contributed by atoms with E-state index in [1.165, 1.54) is 11.8 Å². The summed E-state index contributed by atoms with van der Waals surface area (Å²) in [5.74, 6) is 0.573. The van der Waals surface area contributed by atoms with E-state index in [2.05, 4.69) is 9.97 Å². The zero-order valence-corrected chi connectivity index (χ0v) is 18.3. The molecule has 2 fully saturated rings. The molecule has 2 aliphatic heterocycles. The molecule has 0 N–H and O–H groups in total. The summed E-state index contributed by atoms with van der Waals surface area (Å²) >= 11 is 1.38. The van der Waals surface area contributed by atoms with Crippen LogP contribution >= 0.6 is 11.8 Å². The number of amides is 1. The Balaban J connectivity index is 1.34. The van der Waals surface area contributed by atoms with E-state index in [1.54, 1.807) is 12.4 Å². The number of carbonyl (C=O) groups is 1. The predicted octanol–water partition coefficient (Wildman–Crippen LogP) is 4.40. The minimum absolute atomic E-state index is 0.00429. The van der Waals surface area contributed by atoms with Gasteiger partial charge < -0.3 is 19.1 Å². The fourth-order valence-electron chi connectivity index (χ4n) is 3.90. The lowest BCUT2D eigenvalue weighted by atomic mass is 10.0. The third kappa shape index (κ3) is 4.48. The molecule has 1 amide bonds. The van der Waals surface area contributed by atoms with E-state index >= 15 is 0 Å². The monoisotopic (exact) mass is 449 g/mol. The molecule has 3 aromatic rings. The Labute approximate surface area is 190 Å². The van der Waals surface area contributed by atoms with Crippen LogP contribution in [0.25, 0.3) is 0 Å². The SMILES string of the molecule is O=C(c1ccccc1Sc1nccnc1Oc1ccccc1)N1CCC2(CC1)OCCO2. The number of likely N-dealkylation sites (tertiary alicyclic amines) is 1. The summed E-state index contributed by atoms with van der Waals surface area (Å²) in [5.41, 5.74) is 0.637. The predicted molar refractivity (Wildman–Crippen MR) is 119 cm³/mol. The third-order valence-electron chi connectivity index (χ3n) is 5.54. The van der Waals surface area contributed by atoms with E-state index in [1.807, 2.05) is 59.5 Å². The maximum Gasteiger partial charge on any atom is 0.255 e. The topological polar surface area (TPSA) is 73.8 Å². The molecule has 164 valence electrons. The Morgan fingerprint density at radius 1 is 0.938 bits per heavy atom. The highest BCUT2D eigenvalue weighted by molar-refractivity contribution is 7.99. The lowest BCUT2D eigenvalue weighted by Crippen LogP contribution is -2.47. The Morgan fingerprint density at radius 2 is 1.62 bits per heavy atom. The summed E-state index contributed by atoms with van der Waals surface area (Å²) in [6.07, 6.45) is 4.59. The summed E-state index contributed by atoms with van der Waals surface area (Å²) in [6.45, 7) is 2.45. The first kappa shape index (κ1) is 20.9. The van der Waals surface area contributed by atoms with E-state index < -0.39 is 5.79 Å². The Bertz CT molecular complexity index is 1080. The van der Waals surface area contributed by atoms with E-state index in [-0.39, 0.29) is 5.91 Å². The number of benzene rings is 2. The lowest BCUT2D eigenvalue weighted by molar-refractivity contribution is -0.181. The van der Waals surface area contributed by atoms with Gasteiger partial charge in [-0.25, -0.2) is 9.97 Å². The van der Waals surface area contributed by atoms with Crippen molar-refractivity contribution in [2.75, 3.05) is 26.3 Å². The summed E-state index contributed by atoms with van der Waals surface area (Å²) in [5, 5.41) is 0.599. The molecule has 7 nitrogen and oxygen atoms in total. The molecule has 1 aromatic heterocycles. The van der Waals surface area contributed by atoms with Crippen LogP contribution < -0.4 is 4.74 Å². The van der Waals surface area contributed by atoms with Gasteiger partial charge in [-0.05, 0) is 24.3 Å². The minimum Gasteiger partial charge on any atom is -0.437 e. The van der Waals surface area contributed by atoms with E-state index in [0.29, 0.717) is 61.4 Å². The zero-order chi connectivity index (χ0) is 21.8. The molecule has 0 bridgehead atoms.